The van der Waals surface area contributed by atoms with Crippen LogP contribution in [0.4, 0.5) is 10.1 Å². The monoisotopic (exact) mass is 342 g/mol. The Morgan fingerprint density at radius 1 is 1.25 bits per heavy atom. The fraction of sp³-hybridized carbons (Fsp3) is 0.158. The summed E-state index contributed by atoms with van der Waals surface area (Å²) in [4.78, 5) is 12.4. The van der Waals surface area contributed by atoms with Gasteiger partial charge in [-0.2, -0.15) is 5.26 Å². The molecule has 0 aliphatic heterocycles. The highest BCUT2D eigenvalue weighted by Crippen LogP contribution is 2.24. The summed E-state index contributed by atoms with van der Waals surface area (Å²) in [5, 5.41) is 12.1. The van der Waals surface area contributed by atoms with Crippen molar-refractivity contribution >= 4 is 29.3 Å². The second-order valence-corrected chi connectivity index (χ2v) is 5.94. The topological polar surface area (TPSA) is 52.9 Å². The fourth-order valence-electron chi connectivity index (χ4n) is 2.50. The molecule has 0 bridgehead atoms. The van der Waals surface area contributed by atoms with E-state index in [0.717, 1.165) is 22.8 Å². The summed E-state index contributed by atoms with van der Waals surface area (Å²) in [7, 11) is 0. The maximum Gasteiger partial charge on any atom is 0.266 e. The highest BCUT2D eigenvalue weighted by atomic mass is 35.5. The van der Waals surface area contributed by atoms with Crippen molar-refractivity contribution in [3.05, 3.63) is 69.0 Å². The third-order valence-corrected chi connectivity index (χ3v) is 3.90. The van der Waals surface area contributed by atoms with Crippen LogP contribution in [-0.4, -0.2) is 5.91 Å². The minimum Gasteiger partial charge on any atom is -0.321 e. The molecule has 0 atom stereocenters. The summed E-state index contributed by atoms with van der Waals surface area (Å²) < 4.78 is 13.8. The van der Waals surface area contributed by atoms with E-state index in [4.69, 9.17) is 11.6 Å². The molecule has 0 spiro atoms. The van der Waals surface area contributed by atoms with Gasteiger partial charge in [-0.3, -0.25) is 4.79 Å². The second-order valence-electron chi connectivity index (χ2n) is 5.53. The smallest absolute Gasteiger partial charge is 0.266 e. The molecule has 2 rings (SSSR count). The lowest BCUT2D eigenvalue weighted by Gasteiger charge is -2.12. The molecule has 0 saturated carbocycles. The Bertz CT molecular complexity index is 838. The molecule has 3 nitrogen and oxygen atoms in total. The van der Waals surface area contributed by atoms with E-state index >= 15 is 0 Å². The number of carbonyl (C=O) groups is 1. The van der Waals surface area contributed by atoms with Gasteiger partial charge in [0, 0.05) is 11.3 Å². The Morgan fingerprint density at radius 3 is 2.42 bits per heavy atom. The Kier molecular flexibility index (Phi) is 5.38. The van der Waals surface area contributed by atoms with Crippen molar-refractivity contribution in [2.75, 3.05) is 5.32 Å². The number of halogens is 2. The van der Waals surface area contributed by atoms with Gasteiger partial charge in [-0.15, -0.1) is 0 Å². The van der Waals surface area contributed by atoms with Crippen molar-refractivity contribution in [2.45, 2.75) is 20.8 Å². The summed E-state index contributed by atoms with van der Waals surface area (Å²) >= 11 is 5.94. The second kappa shape index (κ2) is 7.29. The molecule has 0 aliphatic rings. The zero-order valence-corrected chi connectivity index (χ0v) is 14.3. The molecule has 0 saturated heterocycles. The van der Waals surface area contributed by atoms with Gasteiger partial charge < -0.3 is 5.32 Å². The van der Waals surface area contributed by atoms with Gasteiger partial charge in [0.1, 0.15) is 17.5 Å². The molecule has 5 heteroatoms. The van der Waals surface area contributed by atoms with Crippen LogP contribution in [0.2, 0.25) is 5.02 Å². The van der Waals surface area contributed by atoms with Crippen molar-refractivity contribution in [3.63, 3.8) is 0 Å². The first-order chi connectivity index (χ1) is 11.3. The minimum absolute atomic E-state index is 0.0169. The Hall–Kier alpha value is -2.64. The number of hydrogen-bond donors (Lipinski definition) is 1. The lowest BCUT2D eigenvalue weighted by atomic mass is 10.0. The van der Waals surface area contributed by atoms with Crippen LogP contribution in [0.15, 0.2) is 35.9 Å². The third-order valence-electron chi connectivity index (χ3n) is 3.57. The van der Waals surface area contributed by atoms with E-state index in [2.05, 4.69) is 5.32 Å². The molecule has 0 fully saturated rings. The van der Waals surface area contributed by atoms with Crippen molar-refractivity contribution in [1.29, 1.82) is 5.26 Å². The van der Waals surface area contributed by atoms with Crippen LogP contribution in [0.5, 0.6) is 0 Å². The van der Waals surface area contributed by atoms with Gasteiger partial charge in [0.15, 0.2) is 0 Å². The van der Waals surface area contributed by atoms with Crippen LogP contribution in [-0.2, 0) is 4.79 Å². The van der Waals surface area contributed by atoms with E-state index in [1.54, 1.807) is 6.07 Å². The van der Waals surface area contributed by atoms with Crippen molar-refractivity contribution in [3.8, 4) is 6.07 Å². The molecule has 0 radical (unpaired) electrons. The van der Waals surface area contributed by atoms with Crippen LogP contribution in [0.1, 0.15) is 22.3 Å². The molecule has 1 N–H and O–H groups in total. The Morgan fingerprint density at radius 2 is 1.88 bits per heavy atom. The highest BCUT2D eigenvalue weighted by Gasteiger charge is 2.15. The number of nitrogens with zero attached hydrogens (tertiary/aromatic N) is 1. The first-order valence-electron chi connectivity index (χ1n) is 7.28. The number of benzene rings is 2. The van der Waals surface area contributed by atoms with Crippen LogP contribution < -0.4 is 5.32 Å². The lowest BCUT2D eigenvalue weighted by Crippen LogP contribution is -2.15. The summed E-state index contributed by atoms with van der Waals surface area (Å²) in [5.41, 5.74) is 3.30. The zero-order valence-electron chi connectivity index (χ0n) is 13.6. The number of anilines is 1. The largest absolute Gasteiger partial charge is 0.321 e. The fourth-order valence-corrected chi connectivity index (χ4v) is 2.72. The van der Waals surface area contributed by atoms with Crippen molar-refractivity contribution in [2.24, 2.45) is 0 Å². The highest BCUT2D eigenvalue weighted by molar-refractivity contribution is 6.32. The molecule has 122 valence electrons. The lowest BCUT2D eigenvalue weighted by molar-refractivity contribution is -0.112. The number of hydrogen-bond acceptors (Lipinski definition) is 2. The van der Waals surface area contributed by atoms with Crippen LogP contribution >= 0.6 is 11.6 Å². The quantitative estimate of drug-likeness (QED) is 0.633. The van der Waals surface area contributed by atoms with Gasteiger partial charge in [-0.1, -0.05) is 35.4 Å². The Labute approximate surface area is 145 Å². The number of aryl methyl sites for hydroxylation is 3. The molecule has 24 heavy (non-hydrogen) atoms. The van der Waals surface area contributed by atoms with Gasteiger partial charge in [0.05, 0.1) is 5.02 Å². The van der Waals surface area contributed by atoms with Gasteiger partial charge in [-0.05, 0) is 50.1 Å². The molecular formula is C19H16ClFN2O. The average Bonchev–Trinajstić information content (AvgIpc) is 2.50. The molecule has 0 aromatic heterocycles. The summed E-state index contributed by atoms with van der Waals surface area (Å²) in [5.74, 6) is -1.20. The van der Waals surface area contributed by atoms with Gasteiger partial charge in [0.2, 0.25) is 0 Å². The van der Waals surface area contributed by atoms with Crippen LogP contribution in [0, 0.1) is 37.9 Å². The maximum absolute atomic E-state index is 13.8. The summed E-state index contributed by atoms with van der Waals surface area (Å²) in [6.45, 7) is 5.71. The number of amides is 1. The molecule has 0 unspecified atom stereocenters. The molecule has 2 aromatic carbocycles. The van der Waals surface area contributed by atoms with Gasteiger partial charge in [0.25, 0.3) is 5.91 Å². The molecule has 0 heterocycles. The van der Waals surface area contributed by atoms with Crippen LogP contribution in [0.3, 0.4) is 0 Å². The number of nitrogens with one attached hydrogen (secondary N) is 1. The van der Waals surface area contributed by atoms with Crippen molar-refractivity contribution in [1.82, 2.24) is 0 Å². The van der Waals surface area contributed by atoms with E-state index in [1.165, 1.54) is 18.2 Å². The third kappa shape index (κ3) is 3.81. The SMILES string of the molecule is Cc1cc(C)c(NC(=O)C(C#N)=Cc2c(F)cccc2Cl)c(C)c1. The van der Waals surface area contributed by atoms with Crippen molar-refractivity contribution < 1.29 is 9.18 Å². The zero-order chi connectivity index (χ0) is 17.9. The Balaban J connectivity index is 2.38. The van der Waals surface area contributed by atoms with E-state index in [1.807, 2.05) is 32.9 Å². The molecule has 0 aliphatic carbocycles. The maximum atomic E-state index is 13.8. The molecule has 1 amide bonds. The standard InChI is InChI=1S/C19H16ClFN2O/c1-11-7-12(2)18(13(3)8-11)23-19(24)14(10-22)9-15-16(20)5-4-6-17(15)21/h4-9H,1-3H3,(H,23,24). The predicted molar refractivity (Wildman–Crippen MR) is 94.3 cm³/mol. The average molecular weight is 343 g/mol. The minimum atomic E-state index is -0.605. The number of rotatable bonds is 3. The van der Waals surface area contributed by atoms with E-state index in [9.17, 15) is 14.4 Å². The first-order valence-corrected chi connectivity index (χ1v) is 7.66. The number of carbonyl (C=O) groups excluding carboxylic acids is 1. The normalized spacial score (nSPS) is 11.1. The van der Waals surface area contributed by atoms with E-state index in [-0.39, 0.29) is 16.2 Å². The molecular weight excluding hydrogens is 327 g/mol. The summed E-state index contributed by atoms with van der Waals surface area (Å²) in [6, 6.07) is 9.85. The van der Waals surface area contributed by atoms with E-state index < -0.39 is 11.7 Å². The van der Waals surface area contributed by atoms with E-state index in [0.29, 0.717) is 5.69 Å². The molecule has 2 aromatic rings. The predicted octanol–water partition coefficient (Wildman–Crippen LogP) is 4.95. The first kappa shape index (κ1) is 17.7. The number of nitriles is 1. The van der Waals surface area contributed by atoms with Crippen LogP contribution in [0.25, 0.3) is 6.08 Å². The van der Waals surface area contributed by atoms with Gasteiger partial charge in [-0.25, -0.2) is 4.39 Å². The van der Waals surface area contributed by atoms with Gasteiger partial charge >= 0.3 is 0 Å². The summed E-state index contributed by atoms with van der Waals surface area (Å²) in [6.07, 6.45) is 1.16.